The maximum atomic E-state index is 11.8. The first-order valence-electron chi connectivity index (χ1n) is 5.37. The van der Waals surface area contributed by atoms with Crippen LogP contribution in [0.5, 0.6) is 0 Å². The smallest absolute Gasteiger partial charge is 0.316 e. The van der Waals surface area contributed by atoms with Gasteiger partial charge in [-0.15, -0.1) is 0 Å². The summed E-state index contributed by atoms with van der Waals surface area (Å²) in [5, 5.41) is 22.2. The summed E-state index contributed by atoms with van der Waals surface area (Å²) < 4.78 is 9.87. The Hall–Kier alpha value is -1.81. The van der Waals surface area contributed by atoms with Crippen LogP contribution in [-0.4, -0.2) is 43.5 Å². The minimum Gasteiger partial charge on any atom is -0.468 e. The first kappa shape index (κ1) is 14.3. The molecule has 0 aromatic carbocycles. The van der Waals surface area contributed by atoms with E-state index in [2.05, 4.69) is 14.8 Å². The Morgan fingerprint density at radius 2 is 2.56 bits per heavy atom. The minimum atomic E-state index is -1.35. The summed E-state index contributed by atoms with van der Waals surface area (Å²) in [6, 6.07) is 1.05. The van der Waals surface area contributed by atoms with Crippen LogP contribution in [0.2, 0.25) is 0 Å². The van der Waals surface area contributed by atoms with E-state index in [0.29, 0.717) is 0 Å². The first-order valence-corrected chi connectivity index (χ1v) is 5.37. The van der Waals surface area contributed by atoms with E-state index in [1.807, 2.05) is 6.07 Å². The Balaban J connectivity index is 3.03. The predicted octanol–water partition coefficient (Wildman–Crippen LogP) is 0.520. The van der Waals surface area contributed by atoms with E-state index in [4.69, 9.17) is 15.5 Å². The molecule has 18 heavy (non-hydrogen) atoms. The highest BCUT2D eigenvalue weighted by Crippen LogP contribution is 2.36. The summed E-state index contributed by atoms with van der Waals surface area (Å²) in [4.78, 5) is 14.5. The van der Waals surface area contributed by atoms with Crippen molar-refractivity contribution in [2.45, 2.75) is 25.0 Å². The van der Waals surface area contributed by atoms with Gasteiger partial charge in [0, 0.05) is 11.3 Å². The number of carbonyl (C=O) groups excluding carboxylic acids is 1. The number of hydrogen-bond acceptors (Lipinski definition) is 6. The number of rotatable bonds is 4. The van der Waals surface area contributed by atoms with Crippen LogP contribution in [0.15, 0.2) is 5.11 Å². The Kier molecular flexibility index (Phi) is 4.92. The average Bonchev–Trinajstić information content (AvgIpc) is 2.39. The van der Waals surface area contributed by atoms with Crippen LogP contribution in [0.4, 0.5) is 0 Å². The maximum absolute atomic E-state index is 11.8. The fourth-order valence-corrected chi connectivity index (χ4v) is 2.05. The van der Waals surface area contributed by atoms with Crippen LogP contribution in [0, 0.1) is 16.7 Å². The van der Waals surface area contributed by atoms with Gasteiger partial charge in [-0.25, -0.2) is 0 Å². The molecule has 1 aliphatic heterocycles. The van der Waals surface area contributed by atoms with Crippen LogP contribution in [0.3, 0.4) is 0 Å². The molecule has 0 aliphatic carbocycles. The topological polar surface area (TPSA) is 128 Å². The summed E-state index contributed by atoms with van der Waals surface area (Å²) in [5.41, 5.74) is 7.06. The third-order valence-corrected chi connectivity index (χ3v) is 3.05. The highest BCUT2D eigenvalue weighted by atomic mass is 16.5. The summed E-state index contributed by atoms with van der Waals surface area (Å²) in [6.07, 6.45) is -1.06. The number of esters is 1. The zero-order chi connectivity index (χ0) is 13.6. The van der Waals surface area contributed by atoms with Crippen molar-refractivity contribution >= 4 is 5.97 Å². The van der Waals surface area contributed by atoms with Crippen LogP contribution < -0.4 is 0 Å². The number of nitrogens with zero attached hydrogens (tertiary/aromatic N) is 4. The third kappa shape index (κ3) is 2.54. The molecule has 1 rings (SSSR count). The largest absolute Gasteiger partial charge is 0.468 e. The second-order valence-corrected chi connectivity index (χ2v) is 4.04. The summed E-state index contributed by atoms with van der Waals surface area (Å²) >= 11 is 0. The molecule has 1 N–H and O–H groups in total. The summed E-state index contributed by atoms with van der Waals surface area (Å²) in [6.45, 7) is -0.0174. The van der Waals surface area contributed by atoms with Gasteiger partial charge in [-0.2, -0.15) is 5.26 Å². The van der Waals surface area contributed by atoms with Crippen molar-refractivity contribution in [3.63, 3.8) is 0 Å². The van der Waals surface area contributed by atoms with Gasteiger partial charge in [0.25, 0.3) is 0 Å². The fraction of sp³-hybridized carbons (Fsp3) is 0.800. The Morgan fingerprint density at radius 1 is 1.83 bits per heavy atom. The molecule has 0 spiro atoms. The van der Waals surface area contributed by atoms with Crippen molar-refractivity contribution in [3.8, 4) is 6.07 Å². The second kappa shape index (κ2) is 6.21. The van der Waals surface area contributed by atoms with Crippen LogP contribution >= 0.6 is 0 Å². The van der Waals surface area contributed by atoms with E-state index < -0.39 is 23.5 Å². The molecular formula is C10H14N4O4. The number of hydrogen-bond donors (Lipinski definition) is 1. The molecule has 3 unspecified atom stereocenters. The van der Waals surface area contributed by atoms with Gasteiger partial charge in [0.05, 0.1) is 38.5 Å². The molecule has 0 radical (unpaired) electrons. The molecule has 8 heteroatoms. The van der Waals surface area contributed by atoms with Gasteiger partial charge >= 0.3 is 5.97 Å². The highest BCUT2D eigenvalue weighted by Gasteiger charge is 2.51. The summed E-state index contributed by atoms with van der Waals surface area (Å²) in [5.74, 6) is -0.664. The molecule has 1 fully saturated rings. The van der Waals surface area contributed by atoms with Gasteiger partial charge in [0.1, 0.15) is 5.41 Å². The first-order chi connectivity index (χ1) is 8.62. The minimum absolute atomic E-state index is 0.0382. The van der Waals surface area contributed by atoms with E-state index in [9.17, 15) is 9.90 Å². The summed E-state index contributed by atoms with van der Waals surface area (Å²) in [7, 11) is 1.19. The lowest BCUT2D eigenvalue weighted by Gasteiger charge is -2.41. The normalized spacial score (nSPS) is 30.9. The second-order valence-electron chi connectivity index (χ2n) is 4.04. The molecule has 0 amide bonds. The van der Waals surface area contributed by atoms with E-state index in [-0.39, 0.29) is 26.1 Å². The lowest BCUT2D eigenvalue weighted by molar-refractivity contribution is -0.179. The average molecular weight is 254 g/mol. The third-order valence-electron chi connectivity index (χ3n) is 3.05. The van der Waals surface area contributed by atoms with Crippen molar-refractivity contribution in [2.75, 3.05) is 20.3 Å². The van der Waals surface area contributed by atoms with E-state index in [1.54, 1.807) is 0 Å². The van der Waals surface area contributed by atoms with Crippen molar-refractivity contribution in [3.05, 3.63) is 10.4 Å². The van der Waals surface area contributed by atoms with Gasteiger partial charge in [-0.3, -0.25) is 4.79 Å². The Morgan fingerprint density at radius 3 is 3.11 bits per heavy atom. The van der Waals surface area contributed by atoms with E-state index in [0.717, 1.165) is 0 Å². The molecule has 1 aliphatic rings. The zero-order valence-corrected chi connectivity index (χ0v) is 9.94. The fourth-order valence-electron chi connectivity index (χ4n) is 2.05. The number of carbonyl (C=O) groups is 1. The molecule has 0 bridgehead atoms. The number of methoxy groups -OCH3 is 1. The lowest BCUT2D eigenvalue weighted by atomic mass is 9.74. The zero-order valence-electron chi connectivity index (χ0n) is 9.94. The molecule has 3 atom stereocenters. The molecule has 0 saturated carbocycles. The van der Waals surface area contributed by atoms with E-state index in [1.165, 1.54) is 7.11 Å². The van der Waals surface area contributed by atoms with Gasteiger partial charge in [-0.05, 0) is 12.0 Å². The lowest BCUT2D eigenvalue weighted by Crippen LogP contribution is -2.56. The molecule has 1 saturated heterocycles. The highest BCUT2D eigenvalue weighted by molar-refractivity contribution is 5.78. The quantitative estimate of drug-likeness (QED) is 0.338. The van der Waals surface area contributed by atoms with Crippen molar-refractivity contribution in [1.82, 2.24) is 0 Å². The number of aliphatic hydroxyl groups is 1. The predicted molar refractivity (Wildman–Crippen MR) is 59.1 cm³/mol. The number of ether oxygens (including phenoxy) is 2. The number of azide groups is 1. The van der Waals surface area contributed by atoms with E-state index >= 15 is 0 Å². The number of nitriles is 1. The maximum Gasteiger partial charge on any atom is 0.316 e. The molecule has 1 heterocycles. The number of aliphatic hydroxyl groups excluding tert-OH is 1. The molecule has 8 nitrogen and oxygen atoms in total. The van der Waals surface area contributed by atoms with Crippen molar-refractivity contribution < 1.29 is 19.4 Å². The molecular weight excluding hydrogens is 240 g/mol. The monoisotopic (exact) mass is 254 g/mol. The van der Waals surface area contributed by atoms with Crippen LogP contribution in [-0.2, 0) is 14.3 Å². The molecule has 0 aromatic rings. The van der Waals surface area contributed by atoms with Crippen LogP contribution in [0.1, 0.15) is 12.8 Å². The van der Waals surface area contributed by atoms with Gasteiger partial charge < -0.3 is 14.6 Å². The van der Waals surface area contributed by atoms with Gasteiger partial charge in [-0.1, -0.05) is 5.11 Å². The van der Waals surface area contributed by atoms with Crippen LogP contribution in [0.25, 0.3) is 10.4 Å². The van der Waals surface area contributed by atoms with Gasteiger partial charge in [0.2, 0.25) is 0 Å². The molecule has 0 aromatic heterocycles. The standard InChI is InChI=1S/C10H14N4O4/c1-17-9(16)10(3-2-4-11)6-18-5-7(8(10)15)13-14-12/h7-8,15H,2-3,5-6H2,1H3. The molecule has 98 valence electrons. The van der Waals surface area contributed by atoms with Gasteiger partial charge in [0.15, 0.2) is 0 Å². The Labute approximate surface area is 104 Å². The van der Waals surface area contributed by atoms with Crippen molar-refractivity contribution in [2.24, 2.45) is 10.5 Å². The SMILES string of the molecule is COC(=O)C1(CCC#N)COCC(N=[N+]=[N-])C1O. The van der Waals surface area contributed by atoms with Crippen molar-refractivity contribution in [1.29, 1.82) is 5.26 Å². The Bertz CT molecular complexity index is 401.